The van der Waals surface area contributed by atoms with E-state index in [4.69, 9.17) is 9.47 Å². The first-order chi connectivity index (χ1) is 16.4. The number of ether oxygens (including phenoxy) is 2. The molecule has 0 aliphatic heterocycles. The molecule has 0 saturated heterocycles. The van der Waals surface area contributed by atoms with Gasteiger partial charge in [-0.25, -0.2) is 4.39 Å². The average Bonchev–Trinajstić information content (AvgIpc) is 3.60. The Balaban J connectivity index is 1.37. The van der Waals surface area contributed by atoms with Crippen molar-refractivity contribution < 1.29 is 23.8 Å². The molecule has 2 aliphatic rings. The highest BCUT2D eigenvalue weighted by atomic mass is 19.1. The van der Waals surface area contributed by atoms with Crippen molar-refractivity contribution in [2.45, 2.75) is 44.6 Å². The van der Waals surface area contributed by atoms with Crippen LogP contribution in [0.4, 0.5) is 4.39 Å². The zero-order valence-electron chi connectivity index (χ0n) is 19.3. The van der Waals surface area contributed by atoms with Crippen molar-refractivity contribution in [3.8, 4) is 22.6 Å². The number of benzene rings is 2. The monoisotopic (exact) mass is 461 g/mol. The van der Waals surface area contributed by atoms with Crippen molar-refractivity contribution in [3.05, 3.63) is 77.4 Å². The fourth-order valence-corrected chi connectivity index (χ4v) is 5.09. The number of halogens is 1. The summed E-state index contributed by atoms with van der Waals surface area (Å²) in [6.07, 6.45) is 5.23. The molecule has 3 aromatic rings. The predicted molar refractivity (Wildman–Crippen MR) is 127 cm³/mol. The number of carbonyl (C=O) groups is 1. The van der Waals surface area contributed by atoms with Gasteiger partial charge in [0.15, 0.2) is 0 Å². The minimum atomic E-state index is -0.764. The topological polar surface area (TPSA) is 68.7 Å². The number of methoxy groups -OCH3 is 1. The summed E-state index contributed by atoms with van der Waals surface area (Å²) in [6.45, 7) is 1.79. The van der Waals surface area contributed by atoms with Crippen molar-refractivity contribution in [1.82, 2.24) is 4.98 Å². The Kier molecular flexibility index (Phi) is 5.98. The van der Waals surface area contributed by atoms with E-state index in [1.807, 2.05) is 30.3 Å². The third kappa shape index (κ3) is 4.37. The van der Waals surface area contributed by atoms with Crippen molar-refractivity contribution in [1.29, 1.82) is 0 Å². The number of rotatable bonds is 8. The van der Waals surface area contributed by atoms with Gasteiger partial charge in [0.1, 0.15) is 23.4 Å². The van der Waals surface area contributed by atoms with E-state index in [0.29, 0.717) is 22.8 Å². The van der Waals surface area contributed by atoms with Crippen molar-refractivity contribution in [2.24, 2.45) is 11.8 Å². The Hall–Kier alpha value is -3.41. The summed E-state index contributed by atoms with van der Waals surface area (Å²) in [4.78, 5) is 16.3. The van der Waals surface area contributed by atoms with Crippen LogP contribution in [0.25, 0.3) is 11.1 Å². The zero-order chi connectivity index (χ0) is 23.8. The standard InChI is InChI=1S/C28H28FNO4/c1-16(28(31)32)26(17-6-7-17)18-4-3-5-22(13-18)34-25-11-8-19-12-20(15-30-27(19)25)23-14-21(33-2)9-10-24(23)29/h3-5,9-10,12-17,25-26H,6-8,11H2,1-2H3,(H,31,32)/t16-,25+,26?/m0/s1. The summed E-state index contributed by atoms with van der Waals surface area (Å²) < 4.78 is 26.0. The van der Waals surface area contributed by atoms with Crippen LogP contribution in [0.15, 0.2) is 54.7 Å². The molecule has 176 valence electrons. The summed E-state index contributed by atoms with van der Waals surface area (Å²) in [7, 11) is 1.56. The summed E-state index contributed by atoms with van der Waals surface area (Å²) in [5.74, 6) is 0.224. The van der Waals surface area contributed by atoms with Gasteiger partial charge in [-0.05, 0) is 85.0 Å². The molecule has 1 heterocycles. The van der Waals surface area contributed by atoms with Crippen LogP contribution in [-0.2, 0) is 11.2 Å². The average molecular weight is 462 g/mol. The number of aromatic nitrogens is 1. The van der Waals surface area contributed by atoms with Gasteiger partial charge in [-0.2, -0.15) is 0 Å². The first kappa shape index (κ1) is 22.4. The molecule has 2 aromatic carbocycles. The highest BCUT2D eigenvalue weighted by Crippen LogP contribution is 2.47. The molecule has 5 rings (SSSR count). The van der Waals surface area contributed by atoms with Crippen LogP contribution in [-0.4, -0.2) is 23.2 Å². The smallest absolute Gasteiger partial charge is 0.306 e. The lowest BCUT2D eigenvalue weighted by Crippen LogP contribution is -2.20. The SMILES string of the molecule is COc1ccc(F)c(-c2cnc3c(c2)CC[C@H]3Oc2cccc(C(C3CC3)[C@H](C)C(=O)O)c2)c1. The number of aliphatic carboxylic acids is 1. The molecule has 1 saturated carbocycles. The van der Waals surface area contributed by atoms with Gasteiger partial charge in [0.25, 0.3) is 0 Å². The number of hydrogen-bond donors (Lipinski definition) is 1. The third-order valence-electron chi connectivity index (χ3n) is 7.05. The highest BCUT2D eigenvalue weighted by Gasteiger charge is 2.38. The molecule has 1 fully saturated rings. The largest absolute Gasteiger partial charge is 0.497 e. The predicted octanol–water partition coefficient (Wildman–Crippen LogP) is 6.18. The van der Waals surface area contributed by atoms with Crippen LogP contribution in [0.2, 0.25) is 0 Å². The summed E-state index contributed by atoms with van der Waals surface area (Å²) in [5, 5.41) is 9.58. The van der Waals surface area contributed by atoms with Gasteiger partial charge in [-0.3, -0.25) is 9.78 Å². The second kappa shape index (κ2) is 9.09. The number of pyridine rings is 1. The molecule has 0 bridgehead atoms. The van der Waals surface area contributed by atoms with Gasteiger partial charge in [-0.15, -0.1) is 0 Å². The molecule has 6 heteroatoms. The van der Waals surface area contributed by atoms with E-state index in [9.17, 15) is 14.3 Å². The van der Waals surface area contributed by atoms with E-state index in [0.717, 1.165) is 48.3 Å². The van der Waals surface area contributed by atoms with Crippen LogP contribution in [0.3, 0.4) is 0 Å². The van der Waals surface area contributed by atoms with Gasteiger partial charge in [-0.1, -0.05) is 19.1 Å². The second-order valence-electron chi connectivity index (χ2n) is 9.32. The molecule has 2 aliphatic carbocycles. The summed E-state index contributed by atoms with van der Waals surface area (Å²) in [6, 6.07) is 14.5. The van der Waals surface area contributed by atoms with E-state index < -0.39 is 11.9 Å². The lowest BCUT2D eigenvalue weighted by molar-refractivity contribution is -0.142. The second-order valence-corrected chi connectivity index (χ2v) is 9.32. The fourth-order valence-electron chi connectivity index (χ4n) is 5.09. The van der Waals surface area contributed by atoms with E-state index in [2.05, 4.69) is 4.98 Å². The summed E-state index contributed by atoms with van der Waals surface area (Å²) in [5.41, 5.74) is 4.12. The highest BCUT2D eigenvalue weighted by molar-refractivity contribution is 5.71. The van der Waals surface area contributed by atoms with Crippen molar-refractivity contribution >= 4 is 5.97 Å². The number of aryl methyl sites for hydroxylation is 1. The molecule has 0 spiro atoms. The van der Waals surface area contributed by atoms with Crippen LogP contribution in [0, 0.1) is 17.7 Å². The number of hydrogen-bond acceptors (Lipinski definition) is 4. The quantitative estimate of drug-likeness (QED) is 0.434. The molecule has 5 nitrogen and oxygen atoms in total. The first-order valence-corrected chi connectivity index (χ1v) is 11.8. The van der Waals surface area contributed by atoms with Crippen molar-refractivity contribution in [2.75, 3.05) is 7.11 Å². The molecular formula is C28H28FNO4. The molecule has 1 N–H and O–H groups in total. The van der Waals surface area contributed by atoms with Crippen LogP contribution < -0.4 is 9.47 Å². The van der Waals surface area contributed by atoms with E-state index in [1.54, 1.807) is 32.4 Å². The number of carboxylic acid groups (broad SMARTS) is 1. The van der Waals surface area contributed by atoms with Gasteiger partial charge in [0.05, 0.1) is 18.7 Å². The normalized spacial score (nSPS) is 18.7. The Morgan fingerprint density at radius 1 is 1.12 bits per heavy atom. The minimum Gasteiger partial charge on any atom is -0.497 e. The summed E-state index contributed by atoms with van der Waals surface area (Å²) >= 11 is 0. The molecular weight excluding hydrogens is 433 g/mol. The first-order valence-electron chi connectivity index (χ1n) is 11.8. The molecule has 3 atom stereocenters. The van der Waals surface area contributed by atoms with Gasteiger partial charge in [0.2, 0.25) is 0 Å². The lowest BCUT2D eigenvalue weighted by Gasteiger charge is -2.22. The number of carboxylic acids is 1. The Bertz CT molecular complexity index is 1220. The zero-order valence-corrected chi connectivity index (χ0v) is 19.3. The lowest BCUT2D eigenvalue weighted by atomic mass is 9.83. The van der Waals surface area contributed by atoms with Gasteiger partial charge in [0, 0.05) is 17.3 Å². The number of nitrogens with zero attached hydrogens (tertiary/aromatic N) is 1. The Morgan fingerprint density at radius 3 is 2.68 bits per heavy atom. The molecule has 0 radical (unpaired) electrons. The Labute approximate surface area is 198 Å². The van der Waals surface area contributed by atoms with Gasteiger partial charge >= 0.3 is 5.97 Å². The maximum Gasteiger partial charge on any atom is 0.306 e. The molecule has 1 unspecified atom stereocenters. The third-order valence-corrected chi connectivity index (χ3v) is 7.05. The maximum absolute atomic E-state index is 14.4. The molecule has 1 aromatic heterocycles. The minimum absolute atomic E-state index is 0.00430. The maximum atomic E-state index is 14.4. The Morgan fingerprint density at radius 2 is 1.94 bits per heavy atom. The number of fused-ring (bicyclic) bond motifs is 1. The van der Waals surface area contributed by atoms with E-state index in [-0.39, 0.29) is 17.8 Å². The van der Waals surface area contributed by atoms with E-state index >= 15 is 0 Å². The van der Waals surface area contributed by atoms with E-state index in [1.165, 1.54) is 6.07 Å². The van der Waals surface area contributed by atoms with Gasteiger partial charge < -0.3 is 14.6 Å². The van der Waals surface area contributed by atoms with Crippen molar-refractivity contribution in [3.63, 3.8) is 0 Å². The fraction of sp³-hybridized carbons (Fsp3) is 0.357. The van der Waals surface area contributed by atoms with Crippen LogP contribution >= 0.6 is 0 Å². The van der Waals surface area contributed by atoms with Crippen LogP contribution in [0.1, 0.15) is 55.0 Å². The van der Waals surface area contributed by atoms with Crippen LogP contribution in [0.5, 0.6) is 11.5 Å². The molecule has 0 amide bonds. The molecule has 34 heavy (non-hydrogen) atoms.